The van der Waals surface area contributed by atoms with E-state index in [1.165, 1.54) is 5.56 Å². The van der Waals surface area contributed by atoms with Crippen molar-refractivity contribution in [3.05, 3.63) is 64.7 Å². The van der Waals surface area contributed by atoms with Crippen molar-refractivity contribution in [3.63, 3.8) is 0 Å². The molecule has 2 aromatic rings. The first-order valence-electron chi connectivity index (χ1n) is 8.49. The van der Waals surface area contributed by atoms with Crippen LogP contribution in [0, 0.1) is 13.8 Å². The topological polar surface area (TPSA) is 46.2 Å². The molecule has 0 saturated carbocycles. The van der Waals surface area contributed by atoms with E-state index < -0.39 is 0 Å². The second kappa shape index (κ2) is 8.44. The first-order chi connectivity index (χ1) is 11.5. The van der Waals surface area contributed by atoms with Crippen molar-refractivity contribution in [2.75, 3.05) is 5.32 Å². The molecule has 1 amide bonds. The maximum Gasteiger partial charge on any atom is 0.224 e. The molecule has 0 spiro atoms. The van der Waals surface area contributed by atoms with Crippen LogP contribution in [0.1, 0.15) is 53.2 Å². The van der Waals surface area contributed by atoms with Crippen molar-refractivity contribution >= 4 is 17.4 Å². The van der Waals surface area contributed by atoms with Crippen LogP contribution in [0.3, 0.4) is 0 Å². The molecule has 0 radical (unpaired) electrons. The molecule has 0 aliphatic rings. The highest BCUT2D eigenvalue weighted by Gasteiger charge is 2.11. The second-order valence-electron chi connectivity index (χ2n) is 6.17. The summed E-state index contributed by atoms with van der Waals surface area (Å²) < 4.78 is 0. The molecule has 3 nitrogen and oxygen atoms in total. The van der Waals surface area contributed by atoms with Gasteiger partial charge in [-0.2, -0.15) is 0 Å². The van der Waals surface area contributed by atoms with Gasteiger partial charge in [-0.05, 0) is 43.0 Å². The number of anilines is 1. The van der Waals surface area contributed by atoms with E-state index in [1.807, 2.05) is 56.3 Å². The second-order valence-corrected chi connectivity index (χ2v) is 6.17. The van der Waals surface area contributed by atoms with Crippen molar-refractivity contribution < 1.29 is 9.59 Å². The van der Waals surface area contributed by atoms with Crippen LogP contribution in [0.5, 0.6) is 0 Å². The highest BCUT2D eigenvalue weighted by atomic mass is 16.2. The fourth-order valence-electron chi connectivity index (χ4n) is 2.62. The Bertz CT molecular complexity index is 717. The average Bonchev–Trinajstić information content (AvgIpc) is 2.58. The minimum absolute atomic E-state index is 0.00848. The Balaban J connectivity index is 1.89. The van der Waals surface area contributed by atoms with Gasteiger partial charge in [-0.3, -0.25) is 9.59 Å². The van der Waals surface area contributed by atoms with Crippen LogP contribution in [-0.2, 0) is 11.2 Å². The lowest BCUT2D eigenvalue weighted by Crippen LogP contribution is -2.14. The van der Waals surface area contributed by atoms with Crippen LogP contribution in [0.25, 0.3) is 0 Å². The van der Waals surface area contributed by atoms with Crippen molar-refractivity contribution in [3.8, 4) is 0 Å². The fraction of sp³-hybridized carbons (Fsp3) is 0.333. The summed E-state index contributed by atoms with van der Waals surface area (Å²) in [6.07, 6.45) is 2.53. The molecule has 0 aromatic heterocycles. The van der Waals surface area contributed by atoms with E-state index in [2.05, 4.69) is 12.2 Å². The van der Waals surface area contributed by atoms with Crippen LogP contribution in [0.15, 0.2) is 42.5 Å². The molecule has 2 aromatic carbocycles. The zero-order valence-corrected chi connectivity index (χ0v) is 14.7. The Hall–Kier alpha value is -2.42. The van der Waals surface area contributed by atoms with Gasteiger partial charge in [0.1, 0.15) is 0 Å². The Kier molecular flexibility index (Phi) is 6.30. The molecule has 0 aliphatic heterocycles. The lowest BCUT2D eigenvalue weighted by molar-refractivity contribution is -0.116. The molecule has 3 heteroatoms. The molecule has 2 rings (SSSR count). The van der Waals surface area contributed by atoms with Gasteiger partial charge in [0.2, 0.25) is 5.91 Å². The number of carbonyl (C=O) groups excluding carboxylic acids is 2. The zero-order valence-electron chi connectivity index (χ0n) is 14.7. The maximum absolute atomic E-state index is 12.2. The van der Waals surface area contributed by atoms with Gasteiger partial charge >= 0.3 is 0 Å². The monoisotopic (exact) mass is 323 g/mol. The minimum atomic E-state index is -0.125. The quantitative estimate of drug-likeness (QED) is 0.740. The van der Waals surface area contributed by atoms with E-state index in [-0.39, 0.29) is 24.5 Å². The van der Waals surface area contributed by atoms with Gasteiger partial charge in [-0.1, -0.05) is 49.7 Å². The molecule has 0 atom stereocenters. The van der Waals surface area contributed by atoms with Crippen molar-refractivity contribution in [1.29, 1.82) is 0 Å². The maximum atomic E-state index is 12.2. The SMILES string of the molecule is CCCc1ccc(C(=O)CCC(=O)Nc2cccc(C)c2C)cc1. The van der Waals surface area contributed by atoms with E-state index in [0.29, 0.717) is 5.56 Å². The minimum Gasteiger partial charge on any atom is -0.326 e. The number of nitrogens with one attached hydrogen (secondary N) is 1. The molecule has 0 bridgehead atoms. The number of hydrogen-bond acceptors (Lipinski definition) is 2. The van der Waals surface area contributed by atoms with Gasteiger partial charge < -0.3 is 5.32 Å². The Labute approximate surface area is 144 Å². The lowest BCUT2D eigenvalue weighted by Gasteiger charge is -2.10. The molecule has 0 unspecified atom stereocenters. The number of benzene rings is 2. The molecule has 1 N–H and O–H groups in total. The number of carbonyl (C=O) groups is 2. The third-order valence-electron chi connectivity index (χ3n) is 4.27. The number of rotatable bonds is 7. The van der Waals surface area contributed by atoms with E-state index in [0.717, 1.165) is 29.7 Å². The number of aryl methyl sites for hydroxylation is 2. The zero-order chi connectivity index (χ0) is 17.5. The number of ketones is 1. The van der Waals surface area contributed by atoms with Gasteiger partial charge in [-0.25, -0.2) is 0 Å². The van der Waals surface area contributed by atoms with Crippen molar-refractivity contribution in [2.45, 2.75) is 46.5 Å². The molecular weight excluding hydrogens is 298 g/mol. The summed E-state index contributed by atoms with van der Waals surface area (Å²) in [5.41, 5.74) is 4.92. The highest BCUT2D eigenvalue weighted by Crippen LogP contribution is 2.18. The van der Waals surface area contributed by atoms with E-state index >= 15 is 0 Å². The molecule has 126 valence electrons. The normalized spacial score (nSPS) is 10.5. The Morgan fingerprint density at radius 2 is 1.67 bits per heavy atom. The number of amides is 1. The smallest absolute Gasteiger partial charge is 0.224 e. The lowest BCUT2D eigenvalue weighted by atomic mass is 10.0. The summed E-state index contributed by atoms with van der Waals surface area (Å²) in [6.45, 7) is 6.12. The number of hydrogen-bond donors (Lipinski definition) is 1. The largest absolute Gasteiger partial charge is 0.326 e. The summed E-state index contributed by atoms with van der Waals surface area (Å²) in [5.74, 6) is -0.117. The van der Waals surface area contributed by atoms with Gasteiger partial charge in [0.15, 0.2) is 5.78 Å². The van der Waals surface area contributed by atoms with Gasteiger partial charge in [0.25, 0.3) is 0 Å². The van der Waals surface area contributed by atoms with E-state index in [9.17, 15) is 9.59 Å². The summed E-state index contributed by atoms with van der Waals surface area (Å²) >= 11 is 0. The van der Waals surface area contributed by atoms with Crippen molar-refractivity contribution in [1.82, 2.24) is 0 Å². The fourth-order valence-corrected chi connectivity index (χ4v) is 2.62. The summed E-state index contributed by atoms with van der Waals surface area (Å²) in [4.78, 5) is 24.3. The molecule has 0 fully saturated rings. The molecule has 0 saturated heterocycles. The highest BCUT2D eigenvalue weighted by molar-refractivity contribution is 6.00. The first kappa shape index (κ1) is 17.9. The predicted molar refractivity (Wildman–Crippen MR) is 98.5 cm³/mol. The molecule has 0 aliphatic carbocycles. The Morgan fingerprint density at radius 3 is 2.33 bits per heavy atom. The van der Waals surface area contributed by atoms with Crippen molar-refractivity contribution in [2.24, 2.45) is 0 Å². The van der Waals surface area contributed by atoms with E-state index in [1.54, 1.807) is 0 Å². The molecule has 0 heterocycles. The summed E-state index contributed by atoms with van der Waals surface area (Å²) in [5, 5.41) is 2.89. The standard InChI is InChI=1S/C21H25NO2/c1-4-6-17-9-11-18(12-10-17)20(23)13-14-21(24)22-19-8-5-7-15(2)16(19)3/h5,7-12H,4,6,13-14H2,1-3H3,(H,22,24). The van der Waals surface area contributed by atoms with E-state index in [4.69, 9.17) is 0 Å². The Morgan fingerprint density at radius 1 is 0.958 bits per heavy atom. The summed E-state index contributed by atoms with van der Waals surface area (Å²) in [7, 11) is 0. The third kappa shape index (κ3) is 4.79. The predicted octanol–water partition coefficient (Wildman–Crippen LogP) is 4.86. The third-order valence-corrected chi connectivity index (χ3v) is 4.27. The van der Waals surface area contributed by atoms with Crippen LogP contribution < -0.4 is 5.32 Å². The first-order valence-corrected chi connectivity index (χ1v) is 8.49. The molecular formula is C21H25NO2. The van der Waals surface area contributed by atoms with Gasteiger partial charge in [0.05, 0.1) is 0 Å². The van der Waals surface area contributed by atoms with Gasteiger partial charge in [0, 0.05) is 24.1 Å². The molecule has 24 heavy (non-hydrogen) atoms. The van der Waals surface area contributed by atoms with Gasteiger partial charge in [-0.15, -0.1) is 0 Å². The van der Waals surface area contributed by atoms with Crippen LogP contribution in [0.4, 0.5) is 5.69 Å². The van der Waals surface area contributed by atoms with Crippen LogP contribution >= 0.6 is 0 Å². The number of Topliss-reactive ketones (excluding diaryl/α,β-unsaturated/α-hetero) is 1. The summed E-state index contributed by atoms with van der Waals surface area (Å²) in [6, 6.07) is 13.5. The van der Waals surface area contributed by atoms with Crippen LogP contribution in [0.2, 0.25) is 0 Å². The van der Waals surface area contributed by atoms with Crippen LogP contribution in [-0.4, -0.2) is 11.7 Å². The average molecular weight is 323 g/mol.